The Bertz CT molecular complexity index is 1490. The minimum atomic E-state index is -0.347. The first-order chi connectivity index (χ1) is 18.5. The zero-order valence-electron chi connectivity index (χ0n) is 22.3. The molecule has 0 saturated carbocycles. The quantitative estimate of drug-likeness (QED) is 0.381. The molecular weight excluding hydrogens is 474 g/mol. The van der Waals surface area contributed by atoms with Crippen molar-refractivity contribution in [3.63, 3.8) is 0 Å². The number of nitrogens with zero attached hydrogens (tertiary/aromatic N) is 1. The number of aryl methyl sites for hydroxylation is 1. The van der Waals surface area contributed by atoms with Crippen LogP contribution in [0.15, 0.2) is 77.1 Å². The molecule has 0 atom stereocenters. The first kappa shape index (κ1) is 24.5. The number of fused-ring (bicyclic) bond motifs is 1. The summed E-state index contributed by atoms with van der Waals surface area (Å²) >= 11 is 0. The van der Waals surface area contributed by atoms with E-state index in [1.807, 2.05) is 37.4 Å². The van der Waals surface area contributed by atoms with E-state index in [9.17, 15) is 9.59 Å². The van der Waals surface area contributed by atoms with Crippen molar-refractivity contribution < 1.29 is 19.1 Å². The standard InChI is InChI=1S/C33H33NO4/c1-20-14-15-21-8-4-5-9-23(21)24(20)19-38-29-17-16-22(18-30(29)37-3)31-32-25(10-6-12-27(32)35)34(2)26-11-7-13-28(36)33(26)31/h4-5,8-9,14-18,31H,6-7,10-13,19H2,1-3H3. The van der Waals surface area contributed by atoms with Gasteiger partial charge in [0.1, 0.15) is 6.61 Å². The highest BCUT2D eigenvalue weighted by atomic mass is 16.5. The number of allylic oxidation sites excluding steroid dienone is 4. The van der Waals surface area contributed by atoms with Crippen LogP contribution in [-0.4, -0.2) is 30.6 Å². The molecule has 0 spiro atoms. The third kappa shape index (κ3) is 4.01. The van der Waals surface area contributed by atoms with Crippen LogP contribution in [0, 0.1) is 6.92 Å². The Balaban J connectivity index is 1.38. The molecule has 0 radical (unpaired) electrons. The van der Waals surface area contributed by atoms with Gasteiger partial charge in [-0.25, -0.2) is 0 Å². The summed E-state index contributed by atoms with van der Waals surface area (Å²) in [5, 5.41) is 2.36. The van der Waals surface area contributed by atoms with E-state index in [1.165, 1.54) is 16.3 Å². The summed E-state index contributed by atoms with van der Waals surface area (Å²) in [4.78, 5) is 28.7. The van der Waals surface area contributed by atoms with Gasteiger partial charge in [-0.2, -0.15) is 0 Å². The van der Waals surface area contributed by atoms with Gasteiger partial charge in [0, 0.05) is 53.9 Å². The average molecular weight is 508 g/mol. The van der Waals surface area contributed by atoms with E-state index >= 15 is 0 Å². The van der Waals surface area contributed by atoms with E-state index in [0.717, 1.165) is 59.4 Å². The molecule has 0 fully saturated rings. The van der Waals surface area contributed by atoms with Crippen LogP contribution in [0.2, 0.25) is 0 Å². The highest BCUT2D eigenvalue weighted by Crippen LogP contribution is 2.49. The number of carbonyl (C=O) groups is 2. The van der Waals surface area contributed by atoms with Crippen molar-refractivity contribution in [2.75, 3.05) is 14.2 Å². The fourth-order valence-electron chi connectivity index (χ4n) is 6.46. The van der Waals surface area contributed by atoms with E-state index in [4.69, 9.17) is 9.47 Å². The molecule has 194 valence electrons. The molecule has 0 N–H and O–H groups in total. The van der Waals surface area contributed by atoms with Gasteiger partial charge >= 0.3 is 0 Å². The Morgan fingerprint density at radius 3 is 2.21 bits per heavy atom. The second kappa shape index (κ2) is 9.79. The van der Waals surface area contributed by atoms with Crippen LogP contribution in [0.5, 0.6) is 11.5 Å². The summed E-state index contributed by atoms with van der Waals surface area (Å²) in [7, 11) is 3.65. The van der Waals surface area contributed by atoms with Gasteiger partial charge in [-0.3, -0.25) is 9.59 Å². The second-order valence-electron chi connectivity index (χ2n) is 10.5. The third-order valence-corrected chi connectivity index (χ3v) is 8.41. The maximum atomic E-state index is 13.3. The van der Waals surface area contributed by atoms with Crippen LogP contribution < -0.4 is 9.47 Å². The first-order valence-electron chi connectivity index (χ1n) is 13.5. The number of ketones is 2. The van der Waals surface area contributed by atoms with Gasteiger partial charge < -0.3 is 14.4 Å². The van der Waals surface area contributed by atoms with E-state index in [0.29, 0.717) is 30.9 Å². The average Bonchev–Trinajstić information content (AvgIpc) is 2.93. The lowest BCUT2D eigenvalue weighted by molar-refractivity contribution is -0.117. The SMILES string of the molecule is COc1cc(C2C3=C(CCCC3=O)N(C)C3=C2C(=O)CCC3)ccc1OCc1c(C)ccc2ccccc12. The fourth-order valence-corrected chi connectivity index (χ4v) is 6.46. The van der Waals surface area contributed by atoms with Crippen LogP contribution in [0.25, 0.3) is 10.8 Å². The lowest BCUT2D eigenvalue weighted by Gasteiger charge is -2.42. The molecule has 3 aliphatic rings. The van der Waals surface area contributed by atoms with Crippen LogP contribution in [0.1, 0.15) is 61.1 Å². The number of hydrogen-bond donors (Lipinski definition) is 0. The number of benzene rings is 3. The molecule has 3 aromatic rings. The van der Waals surface area contributed by atoms with E-state index in [-0.39, 0.29) is 17.5 Å². The molecule has 0 unspecified atom stereocenters. The van der Waals surface area contributed by atoms with Crippen molar-refractivity contribution in [1.82, 2.24) is 4.90 Å². The topological polar surface area (TPSA) is 55.8 Å². The van der Waals surface area contributed by atoms with Crippen LogP contribution in [-0.2, 0) is 16.2 Å². The minimum absolute atomic E-state index is 0.152. The Labute approximate surface area is 223 Å². The molecule has 0 aromatic heterocycles. The van der Waals surface area contributed by atoms with Crippen molar-refractivity contribution in [1.29, 1.82) is 0 Å². The Morgan fingerprint density at radius 1 is 0.842 bits per heavy atom. The van der Waals surface area contributed by atoms with Crippen LogP contribution >= 0.6 is 0 Å². The molecule has 1 heterocycles. The Kier molecular flexibility index (Phi) is 6.30. The van der Waals surface area contributed by atoms with Gasteiger partial charge in [0.2, 0.25) is 0 Å². The van der Waals surface area contributed by atoms with Crippen molar-refractivity contribution in [3.05, 3.63) is 93.8 Å². The monoisotopic (exact) mass is 507 g/mol. The minimum Gasteiger partial charge on any atom is -0.493 e. The summed E-state index contributed by atoms with van der Waals surface area (Å²) in [6, 6.07) is 18.5. The molecule has 0 amide bonds. The zero-order valence-corrected chi connectivity index (χ0v) is 22.3. The summed E-state index contributed by atoms with van der Waals surface area (Å²) in [5.41, 5.74) is 6.96. The van der Waals surface area contributed by atoms with Gasteiger partial charge in [-0.1, -0.05) is 42.5 Å². The highest BCUT2D eigenvalue weighted by molar-refractivity contribution is 6.06. The van der Waals surface area contributed by atoms with E-state index in [2.05, 4.69) is 36.1 Å². The summed E-state index contributed by atoms with van der Waals surface area (Å²) in [5.74, 6) is 1.21. The molecule has 6 rings (SSSR count). The first-order valence-corrected chi connectivity index (χ1v) is 13.5. The van der Waals surface area contributed by atoms with Gasteiger partial charge in [-0.05, 0) is 66.6 Å². The predicted molar refractivity (Wildman–Crippen MR) is 148 cm³/mol. The van der Waals surface area contributed by atoms with E-state index in [1.54, 1.807) is 7.11 Å². The predicted octanol–water partition coefficient (Wildman–Crippen LogP) is 6.78. The largest absolute Gasteiger partial charge is 0.493 e. The number of carbonyl (C=O) groups excluding carboxylic acids is 2. The second-order valence-corrected chi connectivity index (χ2v) is 10.5. The van der Waals surface area contributed by atoms with Gasteiger partial charge in [0.15, 0.2) is 23.1 Å². The van der Waals surface area contributed by atoms with Crippen LogP contribution in [0.3, 0.4) is 0 Å². The van der Waals surface area contributed by atoms with Gasteiger partial charge in [0.25, 0.3) is 0 Å². The lowest BCUT2D eigenvalue weighted by atomic mass is 9.71. The molecule has 5 nitrogen and oxygen atoms in total. The number of hydrogen-bond acceptors (Lipinski definition) is 5. The molecular formula is C33H33NO4. The summed E-state index contributed by atoms with van der Waals surface area (Å²) in [6.45, 7) is 2.52. The molecule has 3 aromatic carbocycles. The zero-order chi connectivity index (χ0) is 26.4. The molecule has 5 heteroatoms. The molecule has 2 aliphatic carbocycles. The van der Waals surface area contributed by atoms with Gasteiger partial charge in [0.05, 0.1) is 7.11 Å². The molecule has 0 saturated heterocycles. The van der Waals surface area contributed by atoms with E-state index < -0.39 is 0 Å². The number of methoxy groups -OCH3 is 1. The third-order valence-electron chi connectivity index (χ3n) is 8.41. The molecule has 0 bridgehead atoms. The van der Waals surface area contributed by atoms with Crippen LogP contribution in [0.4, 0.5) is 0 Å². The smallest absolute Gasteiger partial charge is 0.161 e. The number of Topliss-reactive ketones (excluding diaryl/α,β-unsaturated/α-hetero) is 2. The van der Waals surface area contributed by atoms with Crippen molar-refractivity contribution in [2.45, 2.75) is 58.0 Å². The maximum Gasteiger partial charge on any atom is 0.161 e. The summed E-state index contributed by atoms with van der Waals surface area (Å²) in [6.07, 6.45) is 4.50. The maximum absolute atomic E-state index is 13.3. The Morgan fingerprint density at radius 2 is 1.53 bits per heavy atom. The van der Waals surface area contributed by atoms with Crippen molar-refractivity contribution in [3.8, 4) is 11.5 Å². The number of rotatable bonds is 5. The Hall–Kier alpha value is -3.86. The van der Waals surface area contributed by atoms with Crippen molar-refractivity contribution >= 4 is 22.3 Å². The molecule has 1 aliphatic heterocycles. The van der Waals surface area contributed by atoms with Crippen molar-refractivity contribution in [2.24, 2.45) is 0 Å². The molecule has 38 heavy (non-hydrogen) atoms. The number of ether oxygens (including phenoxy) is 2. The van der Waals surface area contributed by atoms with Gasteiger partial charge in [-0.15, -0.1) is 0 Å². The highest BCUT2D eigenvalue weighted by Gasteiger charge is 2.42. The lowest BCUT2D eigenvalue weighted by Crippen LogP contribution is -2.37. The fraction of sp³-hybridized carbons (Fsp3) is 0.333. The normalized spacial score (nSPS) is 18.1. The summed E-state index contributed by atoms with van der Waals surface area (Å²) < 4.78 is 12.1.